The monoisotopic (exact) mass is 243 g/mol. The molecule has 1 aliphatic heterocycles. The summed E-state index contributed by atoms with van der Waals surface area (Å²) in [6.45, 7) is 1.08. The molecule has 0 saturated carbocycles. The minimum absolute atomic E-state index is 0.382. The van der Waals surface area contributed by atoms with Crippen molar-refractivity contribution in [3.05, 3.63) is 34.9 Å². The van der Waals surface area contributed by atoms with Gasteiger partial charge in [0.25, 0.3) is 0 Å². The van der Waals surface area contributed by atoms with Crippen LogP contribution in [0.15, 0.2) is 18.2 Å². The second-order valence-corrected chi connectivity index (χ2v) is 5.67. The topological polar surface area (TPSA) is 29.1 Å². The van der Waals surface area contributed by atoms with Gasteiger partial charge in [0.1, 0.15) is 5.78 Å². The van der Waals surface area contributed by atoms with Crippen molar-refractivity contribution in [3.8, 4) is 0 Å². The molecule has 0 bridgehead atoms. The fourth-order valence-corrected chi connectivity index (χ4v) is 3.24. The van der Waals surface area contributed by atoms with Gasteiger partial charge in [-0.15, -0.1) is 0 Å². The molecule has 0 radical (unpaired) electrons. The molecule has 96 valence electrons. The lowest BCUT2D eigenvalue weighted by Gasteiger charge is -2.09. The maximum Gasteiger partial charge on any atom is 0.138 e. The largest absolute Gasteiger partial charge is 0.314 e. The molecule has 0 amide bonds. The molecule has 18 heavy (non-hydrogen) atoms. The molecule has 1 aromatic rings. The van der Waals surface area contributed by atoms with Crippen LogP contribution in [0.25, 0.3) is 0 Å². The molecule has 1 heterocycles. The maximum atomic E-state index is 12.0. The molecule has 1 saturated heterocycles. The molecular formula is C16H21NO. The molecule has 1 N–H and O–H groups in total. The van der Waals surface area contributed by atoms with Crippen molar-refractivity contribution in [2.75, 3.05) is 6.54 Å². The second-order valence-electron chi connectivity index (χ2n) is 5.67. The third-order valence-electron chi connectivity index (χ3n) is 4.20. The van der Waals surface area contributed by atoms with Crippen LogP contribution < -0.4 is 5.32 Å². The van der Waals surface area contributed by atoms with Crippen LogP contribution in [0.3, 0.4) is 0 Å². The van der Waals surface area contributed by atoms with Crippen molar-refractivity contribution in [1.82, 2.24) is 5.32 Å². The maximum absolute atomic E-state index is 12.0. The quantitative estimate of drug-likeness (QED) is 0.880. The molecular weight excluding hydrogens is 222 g/mol. The minimum Gasteiger partial charge on any atom is -0.314 e. The van der Waals surface area contributed by atoms with E-state index in [2.05, 4.69) is 23.5 Å². The van der Waals surface area contributed by atoms with Crippen LogP contribution >= 0.6 is 0 Å². The zero-order valence-corrected chi connectivity index (χ0v) is 10.9. The average Bonchev–Trinajstić information content (AvgIpc) is 2.98. The number of nitrogens with one attached hydrogen (secondary N) is 1. The van der Waals surface area contributed by atoms with Gasteiger partial charge in [-0.2, -0.15) is 0 Å². The number of Topliss-reactive ketones (excluding diaryl/α,β-unsaturated/α-hetero) is 1. The predicted molar refractivity (Wildman–Crippen MR) is 72.8 cm³/mol. The smallest absolute Gasteiger partial charge is 0.138 e. The number of rotatable bonds is 4. The number of hydrogen-bond donors (Lipinski definition) is 1. The first-order valence-electron chi connectivity index (χ1n) is 7.17. The molecule has 2 heteroatoms. The molecule has 1 aliphatic carbocycles. The van der Waals surface area contributed by atoms with E-state index < -0.39 is 0 Å². The number of benzene rings is 1. The number of ketones is 1. The standard InChI is InChI=1S/C16H21NO/c18-16(11-15-5-2-8-17-15)10-12-6-7-13-3-1-4-14(13)9-12/h6-7,9,15,17H,1-5,8,10-11H2. The van der Waals surface area contributed by atoms with E-state index in [1.54, 1.807) is 0 Å². The van der Waals surface area contributed by atoms with Crippen molar-refractivity contribution in [2.45, 2.75) is 51.0 Å². The Morgan fingerprint density at radius 3 is 2.94 bits per heavy atom. The summed E-state index contributed by atoms with van der Waals surface area (Å²) in [5.41, 5.74) is 4.17. The summed E-state index contributed by atoms with van der Waals surface area (Å²) in [5.74, 6) is 0.382. The Kier molecular flexibility index (Phi) is 3.46. The lowest BCUT2D eigenvalue weighted by atomic mass is 9.99. The van der Waals surface area contributed by atoms with Gasteiger partial charge in [0, 0.05) is 18.9 Å². The first-order chi connectivity index (χ1) is 8.81. The number of aryl methyl sites for hydroxylation is 2. The Labute approximate surface area is 109 Å². The van der Waals surface area contributed by atoms with Gasteiger partial charge in [-0.1, -0.05) is 18.2 Å². The Hall–Kier alpha value is -1.15. The Bertz CT molecular complexity index is 446. The van der Waals surface area contributed by atoms with E-state index in [1.165, 1.54) is 42.4 Å². The Balaban J connectivity index is 1.60. The van der Waals surface area contributed by atoms with Crippen LogP contribution in [0.1, 0.15) is 42.4 Å². The van der Waals surface area contributed by atoms with E-state index in [0.717, 1.165) is 13.0 Å². The predicted octanol–water partition coefficient (Wildman–Crippen LogP) is 2.43. The normalized spacial score (nSPS) is 22.1. The SMILES string of the molecule is O=C(Cc1ccc2c(c1)CCC2)CC1CCCN1. The molecule has 1 unspecified atom stereocenters. The van der Waals surface area contributed by atoms with Crippen LogP contribution in [0, 0.1) is 0 Å². The van der Waals surface area contributed by atoms with Gasteiger partial charge in [0.15, 0.2) is 0 Å². The lowest BCUT2D eigenvalue weighted by Crippen LogP contribution is -2.25. The number of carbonyl (C=O) groups excluding carboxylic acids is 1. The van der Waals surface area contributed by atoms with Gasteiger partial charge in [0.2, 0.25) is 0 Å². The first-order valence-corrected chi connectivity index (χ1v) is 7.17. The summed E-state index contributed by atoms with van der Waals surface area (Å²) in [5, 5.41) is 3.39. The highest BCUT2D eigenvalue weighted by Gasteiger charge is 2.18. The highest BCUT2D eigenvalue weighted by Crippen LogP contribution is 2.23. The highest BCUT2D eigenvalue weighted by molar-refractivity contribution is 5.81. The Morgan fingerprint density at radius 1 is 1.22 bits per heavy atom. The van der Waals surface area contributed by atoms with Gasteiger partial charge in [-0.05, 0) is 55.3 Å². The van der Waals surface area contributed by atoms with Crippen molar-refractivity contribution >= 4 is 5.78 Å². The number of hydrogen-bond acceptors (Lipinski definition) is 2. The molecule has 2 nitrogen and oxygen atoms in total. The summed E-state index contributed by atoms with van der Waals surface area (Å²) in [4.78, 5) is 12.0. The van der Waals surface area contributed by atoms with Gasteiger partial charge >= 0.3 is 0 Å². The fraction of sp³-hybridized carbons (Fsp3) is 0.562. The molecule has 2 aliphatic rings. The molecule has 1 atom stereocenters. The number of carbonyl (C=O) groups is 1. The van der Waals surface area contributed by atoms with Crippen LogP contribution in [-0.4, -0.2) is 18.4 Å². The van der Waals surface area contributed by atoms with Crippen LogP contribution in [0.2, 0.25) is 0 Å². The summed E-state index contributed by atoms with van der Waals surface area (Å²) >= 11 is 0. The van der Waals surface area contributed by atoms with E-state index in [1.807, 2.05) is 0 Å². The van der Waals surface area contributed by atoms with Crippen molar-refractivity contribution in [1.29, 1.82) is 0 Å². The minimum atomic E-state index is 0.382. The van der Waals surface area contributed by atoms with Crippen LogP contribution in [0.5, 0.6) is 0 Å². The van der Waals surface area contributed by atoms with Crippen molar-refractivity contribution in [2.24, 2.45) is 0 Å². The van der Waals surface area contributed by atoms with Gasteiger partial charge < -0.3 is 5.32 Å². The molecule has 1 aromatic carbocycles. The van der Waals surface area contributed by atoms with Gasteiger partial charge in [-0.3, -0.25) is 4.79 Å². The third-order valence-corrected chi connectivity index (χ3v) is 4.20. The zero-order valence-electron chi connectivity index (χ0n) is 10.9. The van der Waals surface area contributed by atoms with Crippen LogP contribution in [0.4, 0.5) is 0 Å². The van der Waals surface area contributed by atoms with Crippen molar-refractivity contribution in [3.63, 3.8) is 0 Å². The third kappa shape index (κ3) is 2.64. The summed E-state index contributed by atoms with van der Waals surface area (Å²) in [6.07, 6.45) is 7.39. The van der Waals surface area contributed by atoms with Gasteiger partial charge in [-0.25, -0.2) is 0 Å². The first kappa shape index (κ1) is 11.9. The molecule has 3 rings (SSSR count). The number of fused-ring (bicyclic) bond motifs is 1. The molecule has 0 spiro atoms. The van der Waals surface area contributed by atoms with Crippen LogP contribution in [-0.2, 0) is 24.1 Å². The van der Waals surface area contributed by atoms with Gasteiger partial charge in [0.05, 0.1) is 0 Å². The zero-order chi connectivity index (χ0) is 12.4. The average molecular weight is 243 g/mol. The summed E-state index contributed by atoms with van der Waals surface area (Å²) in [7, 11) is 0. The molecule has 1 fully saturated rings. The van der Waals surface area contributed by atoms with Crippen molar-refractivity contribution < 1.29 is 4.79 Å². The second kappa shape index (κ2) is 5.23. The lowest BCUT2D eigenvalue weighted by molar-refractivity contribution is -0.118. The summed E-state index contributed by atoms with van der Waals surface area (Å²) in [6, 6.07) is 7.05. The Morgan fingerprint density at radius 2 is 2.11 bits per heavy atom. The molecule has 0 aromatic heterocycles. The van der Waals surface area contributed by atoms with E-state index in [9.17, 15) is 4.79 Å². The van der Waals surface area contributed by atoms with E-state index in [4.69, 9.17) is 0 Å². The highest BCUT2D eigenvalue weighted by atomic mass is 16.1. The fourth-order valence-electron chi connectivity index (χ4n) is 3.24. The van der Waals surface area contributed by atoms with E-state index in [0.29, 0.717) is 24.7 Å². The van der Waals surface area contributed by atoms with E-state index >= 15 is 0 Å². The van der Waals surface area contributed by atoms with E-state index in [-0.39, 0.29) is 0 Å². The summed E-state index contributed by atoms with van der Waals surface area (Å²) < 4.78 is 0.